The molecule has 136 valence electrons. The zero-order chi connectivity index (χ0) is 18.3. The van der Waals surface area contributed by atoms with Crippen molar-refractivity contribution in [2.45, 2.75) is 38.5 Å². The molecule has 27 heavy (non-hydrogen) atoms. The van der Waals surface area contributed by atoms with E-state index in [0.717, 1.165) is 16.0 Å². The van der Waals surface area contributed by atoms with E-state index in [1.165, 1.54) is 63.3 Å². The van der Waals surface area contributed by atoms with E-state index in [2.05, 4.69) is 48.5 Å². The van der Waals surface area contributed by atoms with Crippen LogP contribution in [0.1, 0.15) is 42.0 Å². The molecule has 4 heterocycles. The summed E-state index contributed by atoms with van der Waals surface area (Å²) in [7, 11) is 4.20. The molecular weight excluding hydrogens is 354 g/mol. The fourth-order valence-electron chi connectivity index (χ4n) is 4.99. The Hall–Kier alpha value is -2.40. The molecule has 5 heteroatoms. The normalized spacial score (nSPS) is 16.0. The predicted molar refractivity (Wildman–Crippen MR) is 110 cm³/mol. The number of nitrogens with zero attached hydrogens (tertiary/aromatic N) is 3. The predicted octanol–water partition coefficient (Wildman–Crippen LogP) is 5.48. The minimum absolute atomic E-state index is 0.624. The van der Waals surface area contributed by atoms with Crippen LogP contribution in [-0.2, 0) is 14.1 Å². The van der Waals surface area contributed by atoms with Gasteiger partial charge < -0.3 is 8.98 Å². The Kier molecular flexibility index (Phi) is 3.08. The van der Waals surface area contributed by atoms with Crippen LogP contribution < -0.4 is 4.57 Å². The van der Waals surface area contributed by atoms with Gasteiger partial charge in [-0.1, -0.05) is 12.8 Å². The number of rotatable bonds is 1. The van der Waals surface area contributed by atoms with Crippen LogP contribution in [0.3, 0.4) is 0 Å². The summed E-state index contributed by atoms with van der Waals surface area (Å²) in [6.45, 7) is 2.21. The second kappa shape index (κ2) is 5.32. The summed E-state index contributed by atoms with van der Waals surface area (Å²) < 4.78 is 11.0. The van der Waals surface area contributed by atoms with Gasteiger partial charge in [0, 0.05) is 18.5 Å². The van der Waals surface area contributed by atoms with Crippen LogP contribution in [0.4, 0.5) is 0 Å². The fraction of sp³-hybridized carbons (Fsp3) is 0.364. The van der Waals surface area contributed by atoms with Gasteiger partial charge in [-0.2, -0.15) is 0 Å². The maximum atomic E-state index is 6.65. The molecule has 1 aromatic carbocycles. The number of hydrogen-bond acceptors (Lipinski definition) is 3. The van der Waals surface area contributed by atoms with Crippen molar-refractivity contribution >= 4 is 54.5 Å². The Morgan fingerprint density at radius 1 is 1.26 bits per heavy atom. The molecule has 0 N–H and O–H groups in total. The summed E-state index contributed by atoms with van der Waals surface area (Å²) in [6, 6.07) is 4.42. The summed E-state index contributed by atoms with van der Waals surface area (Å²) in [5.41, 5.74) is 5.81. The molecule has 4 aromatic heterocycles. The quantitative estimate of drug-likeness (QED) is 0.287. The molecule has 1 saturated carbocycles. The van der Waals surface area contributed by atoms with Gasteiger partial charge in [0.1, 0.15) is 17.5 Å². The van der Waals surface area contributed by atoms with Crippen molar-refractivity contribution in [3.05, 3.63) is 35.1 Å². The smallest absolute Gasteiger partial charge is 0.216 e. The monoisotopic (exact) mass is 376 g/mol. The number of fused-ring (bicyclic) bond motifs is 3. The highest BCUT2D eigenvalue weighted by atomic mass is 32.1. The Bertz CT molecular complexity index is 1370. The number of thiophene rings is 1. The maximum absolute atomic E-state index is 6.65. The van der Waals surface area contributed by atoms with E-state index in [-0.39, 0.29) is 0 Å². The zero-order valence-electron chi connectivity index (χ0n) is 15.9. The van der Waals surface area contributed by atoms with Crippen molar-refractivity contribution in [1.29, 1.82) is 0 Å². The van der Waals surface area contributed by atoms with Gasteiger partial charge in [0.15, 0.2) is 11.8 Å². The number of benzene rings is 1. The van der Waals surface area contributed by atoms with E-state index in [4.69, 9.17) is 9.40 Å². The van der Waals surface area contributed by atoms with Crippen molar-refractivity contribution < 1.29 is 8.98 Å². The summed E-state index contributed by atoms with van der Waals surface area (Å²) in [5, 5.41) is 3.71. The van der Waals surface area contributed by atoms with Crippen LogP contribution in [0.2, 0.25) is 0 Å². The van der Waals surface area contributed by atoms with Crippen LogP contribution in [0.15, 0.2) is 29.1 Å². The first-order valence-electron chi connectivity index (χ1n) is 9.71. The highest BCUT2D eigenvalue weighted by molar-refractivity contribution is 7.19. The third kappa shape index (κ3) is 1.98. The number of aromatic nitrogens is 3. The third-order valence-electron chi connectivity index (χ3n) is 6.40. The first-order valence-corrected chi connectivity index (χ1v) is 10.5. The number of aryl methyl sites for hydroxylation is 3. The lowest BCUT2D eigenvalue weighted by Gasteiger charge is -2.12. The Morgan fingerprint density at radius 2 is 2.07 bits per heavy atom. The van der Waals surface area contributed by atoms with Crippen LogP contribution >= 0.6 is 11.3 Å². The molecule has 1 fully saturated rings. The minimum Gasteiger partial charge on any atom is -0.454 e. The van der Waals surface area contributed by atoms with Crippen LogP contribution in [0, 0.1) is 6.92 Å². The van der Waals surface area contributed by atoms with Crippen LogP contribution in [-0.4, -0.2) is 9.55 Å². The highest BCUT2D eigenvalue weighted by Crippen LogP contribution is 2.47. The standard InChI is InChI=1S/C22H22N3OS/c1-12-14-8-9-24(2)15(14)10-16-17(12)19-18-20(26-16)21(13-6-4-5-7-13)27-22(18)23-11-25(19)3/h8-11,13H,4-7H2,1-3H3/q+1. The van der Waals surface area contributed by atoms with Gasteiger partial charge >= 0.3 is 0 Å². The van der Waals surface area contributed by atoms with Gasteiger partial charge in [-0.25, -0.2) is 9.55 Å². The van der Waals surface area contributed by atoms with Crippen LogP contribution in [0.25, 0.3) is 43.2 Å². The van der Waals surface area contributed by atoms with E-state index in [1.54, 1.807) is 0 Å². The zero-order valence-corrected chi connectivity index (χ0v) is 16.7. The van der Waals surface area contributed by atoms with E-state index >= 15 is 0 Å². The van der Waals surface area contributed by atoms with E-state index < -0.39 is 0 Å². The van der Waals surface area contributed by atoms with Crippen LogP contribution in [0.5, 0.6) is 0 Å². The third-order valence-corrected chi connectivity index (χ3v) is 7.64. The lowest BCUT2D eigenvalue weighted by molar-refractivity contribution is -0.642. The molecular formula is C22H22N3OS+. The van der Waals surface area contributed by atoms with Gasteiger partial charge in [0.05, 0.1) is 33.6 Å². The molecule has 0 aliphatic heterocycles. The molecule has 0 spiro atoms. The minimum atomic E-state index is 0.624. The van der Waals surface area contributed by atoms with E-state index in [9.17, 15) is 0 Å². The topological polar surface area (TPSA) is 34.8 Å². The molecule has 1 aliphatic carbocycles. The Balaban J connectivity index is 1.86. The lowest BCUT2D eigenvalue weighted by atomic mass is 10.0. The summed E-state index contributed by atoms with van der Waals surface area (Å²) in [5.74, 6) is 0.624. The molecule has 0 atom stereocenters. The molecule has 6 rings (SSSR count). The van der Waals surface area contributed by atoms with Crippen molar-refractivity contribution in [3.8, 4) is 0 Å². The molecule has 0 bridgehead atoms. The summed E-state index contributed by atoms with van der Waals surface area (Å²) in [6.07, 6.45) is 9.28. The van der Waals surface area contributed by atoms with Crippen molar-refractivity contribution in [3.63, 3.8) is 0 Å². The van der Waals surface area contributed by atoms with Gasteiger partial charge in [-0.15, -0.1) is 11.3 Å². The largest absolute Gasteiger partial charge is 0.454 e. The Morgan fingerprint density at radius 3 is 2.89 bits per heavy atom. The molecule has 4 nitrogen and oxygen atoms in total. The highest BCUT2D eigenvalue weighted by Gasteiger charge is 2.27. The SMILES string of the molecule is Cc1c2cc[n+](C)c2cc2oc3c(C4CCCC4)sc4ncn(C)c(c12)c43. The fourth-order valence-corrected chi connectivity index (χ4v) is 6.23. The van der Waals surface area contributed by atoms with E-state index in [1.807, 2.05) is 17.7 Å². The van der Waals surface area contributed by atoms with Gasteiger partial charge in [-0.3, -0.25) is 0 Å². The van der Waals surface area contributed by atoms with Gasteiger partial charge in [-0.05, 0) is 31.2 Å². The van der Waals surface area contributed by atoms with Crippen molar-refractivity contribution in [2.75, 3.05) is 0 Å². The first-order chi connectivity index (χ1) is 13.1. The lowest BCUT2D eigenvalue weighted by Crippen LogP contribution is -2.24. The molecule has 0 saturated heterocycles. The van der Waals surface area contributed by atoms with Gasteiger partial charge in [0.2, 0.25) is 5.52 Å². The molecule has 1 aliphatic rings. The second-order valence-corrected chi connectivity index (χ2v) is 9.03. The summed E-state index contributed by atoms with van der Waals surface area (Å²) in [4.78, 5) is 7.25. The average molecular weight is 377 g/mol. The molecule has 0 unspecified atom stereocenters. The van der Waals surface area contributed by atoms with Gasteiger partial charge in [0.25, 0.3) is 0 Å². The number of hydrogen-bond donors (Lipinski definition) is 0. The molecule has 0 radical (unpaired) electrons. The van der Waals surface area contributed by atoms with Crippen molar-refractivity contribution in [1.82, 2.24) is 9.55 Å². The van der Waals surface area contributed by atoms with Crippen molar-refractivity contribution in [2.24, 2.45) is 14.1 Å². The maximum Gasteiger partial charge on any atom is 0.216 e. The molecule has 0 amide bonds. The second-order valence-electron chi connectivity index (χ2n) is 8.00. The molecule has 5 aromatic rings. The Labute approximate surface area is 161 Å². The first kappa shape index (κ1) is 15.6. The van der Waals surface area contributed by atoms with E-state index in [0.29, 0.717) is 5.92 Å². The summed E-state index contributed by atoms with van der Waals surface area (Å²) >= 11 is 1.84. The average Bonchev–Trinajstić information content (AvgIpc) is 3.38.